The summed E-state index contributed by atoms with van der Waals surface area (Å²) in [6.45, 7) is 4.01. The Morgan fingerprint density at radius 2 is 2.12 bits per heavy atom. The predicted octanol–water partition coefficient (Wildman–Crippen LogP) is 2.60. The fraction of sp³-hybridized carbons (Fsp3) is 0.0769. The zero-order valence-corrected chi connectivity index (χ0v) is 10.7. The molecule has 0 unspecified atom stereocenters. The van der Waals surface area contributed by atoms with Crippen LogP contribution < -0.4 is 5.32 Å². The zero-order chi connectivity index (χ0) is 12.7. The van der Waals surface area contributed by atoms with Gasteiger partial charge in [0, 0.05) is 17.1 Å². The molecule has 0 aliphatic heterocycles. The van der Waals surface area contributed by atoms with Gasteiger partial charge < -0.3 is 5.32 Å². The number of benzene rings is 1. The Kier molecular flexibility index (Phi) is 5.18. The van der Waals surface area contributed by atoms with Crippen molar-refractivity contribution in [3.05, 3.63) is 52.5 Å². The Morgan fingerprint density at radius 3 is 2.65 bits per heavy atom. The van der Waals surface area contributed by atoms with E-state index in [0.717, 1.165) is 10.0 Å². The third-order valence-corrected chi connectivity index (χ3v) is 2.20. The maximum absolute atomic E-state index is 11.3. The van der Waals surface area contributed by atoms with Gasteiger partial charge in [0.05, 0.1) is 11.6 Å². The Labute approximate surface area is 109 Å². The molecule has 0 saturated carbocycles. The summed E-state index contributed by atoms with van der Waals surface area (Å²) in [5, 5.41) is 11.3. The van der Waals surface area contributed by atoms with E-state index in [1.165, 1.54) is 6.08 Å². The summed E-state index contributed by atoms with van der Waals surface area (Å²) < 4.78 is 0.720. The van der Waals surface area contributed by atoms with E-state index < -0.39 is 0 Å². The Morgan fingerprint density at radius 1 is 1.47 bits per heavy atom. The number of nitrogens with zero attached hydrogens (tertiary/aromatic N) is 1. The lowest BCUT2D eigenvalue weighted by molar-refractivity contribution is -0.116. The van der Waals surface area contributed by atoms with E-state index in [1.54, 1.807) is 30.3 Å². The standard InChI is InChI=1S/C13H11BrN2O/c1-10(14)9-16-13(17)7-6-11-2-4-12(8-15)5-3-11/h2-7H,1,9H2,(H,16,17)/b7-6+. The van der Waals surface area contributed by atoms with E-state index >= 15 is 0 Å². The highest BCUT2D eigenvalue weighted by atomic mass is 79.9. The molecular weight excluding hydrogens is 280 g/mol. The average Bonchev–Trinajstić information content (AvgIpc) is 2.34. The Hall–Kier alpha value is -1.86. The number of nitriles is 1. The second-order valence-electron chi connectivity index (χ2n) is 3.30. The third-order valence-electron chi connectivity index (χ3n) is 1.92. The van der Waals surface area contributed by atoms with Crippen LogP contribution in [0.3, 0.4) is 0 Å². The lowest BCUT2D eigenvalue weighted by Crippen LogP contribution is -2.21. The van der Waals surface area contributed by atoms with Crippen LogP contribution in [0.25, 0.3) is 6.08 Å². The van der Waals surface area contributed by atoms with Crippen LogP contribution in [0.2, 0.25) is 0 Å². The van der Waals surface area contributed by atoms with Crippen LogP contribution in [-0.2, 0) is 4.79 Å². The van der Waals surface area contributed by atoms with Crippen molar-refractivity contribution in [3.8, 4) is 6.07 Å². The number of nitrogens with one attached hydrogen (secondary N) is 1. The first-order chi connectivity index (χ1) is 8.11. The smallest absolute Gasteiger partial charge is 0.244 e. The van der Waals surface area contributed by atoms with E-state index in [2.05, 4.69) is 27.8 Å². The molecule has 0 saturated heterocycles. The molecule has 3 nitrogen and oxygen atoms in total. The highest BCUT2D eigenvalue weighted by Crippen LogP contribution is 2.05. The first-order valence-corrected chi connectivity index (χ1v) is 5.70. The van der Waals surface area contributed by atoms with Gasteiger partial charge in [0.25, 0.3) is 0 Å². The maximum atomic E-state index is 11.3. The van der Waals surface area contributed by atoms with Gasteiger partial charge in [-0.2, -0.15) is 5.26 Å². The number of rotatable bonds is 4. The van der Waals surface area contributed by atoms with Crippen molar-refractivity contribution in [3.63, 3.8) is 0 Å². The van der Waals surface area contributed by atoms with Crippen LogP contribution in [-0.4, -0.2) is 12.5 Å². The van der Waals surface area contributed by atoms with Gasteiger partial charge in [-0.3, -0.25) is 4.79 Å². The molecule has 0 atom stereocenters. The number of carbonyl (C=O) groups excluding carboxylic acids is 1. The van der Waals surface area contributed by atoms with Gasteiger partial charge in [0.15, 0.2) is 0 Å². The first kappa shape index (κ1) is 13.2. The fourth-order valence-corrected chi connectivity index (χ4v) is 1.22. The lowest BCUT2D eigenvalue weighted by Gasteiger charge is -1.99. The molecule has 0 spiro atoms. The topological polar surface area (TPSA) is 52.9 Å². The summed E-state index contributed by atoms with van der Waals surface area (Å²) in [6.07, 6.45) is 3.13. The van der Waals surface area contributed by atoms with E-state index in [4.69, 9.17) is 5.26 Å². The van der Waals surface area contributed by atoms with Crippen molar-refractivity contribution >= 4 is 27.9 Å². The highest BCUT2D eigenvalue weighted by Gasteiger charge is 1.95. The zero-order valence-electron chi connectivity index (χ0n) is 9.11. The summed E-state index contributed by atoms with van der Waals surface area (Å²) >= 11 is 3.15. The number of hydrogen-bond donors (Lipinski definition) is 1. The lowest BCUT2D eigenvalue weighted by atomic mass is 10.1. The molecule has 1 aromatic rings. The van der Waals surface area contributed by atoms with Crippen LogP contribution in [0.1, 0.15) is 11.1 Å². The van der Waals surface area contributed by atoms with Crippen LogP contribution in [0.15, 0.2) is 41.4 Å². The summed E-state index contributed by atoms with van der Waals surface area (Å²) in [5.74, 6) is -0.185. The number of amides is 1. The minimum Gasteiger partial charge on any atom is -0.348 e. The molecular formula is C13H11BrN2O. The molecule has 0 aromatic heterocycles. The second kappa shape index (κ2) is 6.66. The maximum Gasteiger partial charge on any atom is 0.244 e. The summed E-state index contributed by atoms with van der Waals surface area (Å²) in [5.41, 5.74) is 1.47. The largest absolute Gasteiger partial charge is 0.348 e. The van der Waals surface area contributed by atoms with Gasteiger partial charge >= 0.3 is 0 Å². The van der Waals surface area contributed by atoms with E-state index in [-0.39, 0.29) is 5.91 Å². The highest BCUT2D eigenvalue weighted by molar-refractivity contribution is 9.11. The van der Waals surface area contributed by atoms with Gasteiger partial charge in [0.1, 0.15) is 0 Å². The number of carbonyl (C=O) groups is 1. The molecule has 1 rings (SSSR count). The molecule has 0 fully saturated rings. The monoisotopic (exact) mass is 290 g/mol. The van der Waals surface area contributed by atoms with E-state index in [1.807, 2.05) is 6.07 Å². The Bertz CT molecular complexity index is 483. The quantitative estimate of drug-likeness (QED) is 0.867. The second-order valence-corrected chi connectivity index (χ2v) is 4.42. The molecule has 1 aromatic carbocycles. The molecule has 0 bridgehead atoms. The van der Waals surface area contributed by atoms with Crippen LogP contribution in [0, 0.1) is 11.3 Å². The fourth-order valence-electron chi connectivity index (χ4n) is 1.08. The molecule has 0 radical (unpaired) electrons. The first-order valence-electron chi connectivity index (χ1n) is 4.91. The third kappa shape index (κ3) is 5.14. The normalized spacial score (nSPS) is 9.88. The Balaban J connectivity index is 2.55. The van der Waals surface area contributed by atoms with Crippen molar-refractivity contribution in [2.24, 2.45) is 0 Å². The summed E-state index contributed by atoms with van der Waals surface area (Å²) in [4.78, 5) is 11.3. The van der Waals surface area contributed by atoms with Crippen molar-refractivity contribution in [1.29, 1.82) is 5.26 Å². The molecule has 17 heavy (non-hydrogen) atoms. The van der Waals surface area contributed by atoms with E-state index in [0.29, 0.717) is 12.1 Å². The number of halogens is 1. The summed E-state index contributed by atoms with van der Waals surface area (Å²) in [7, 11) is 0. The van der Waals surface area contributed by atoms with E-state index in [9.17, 15) is 4.79 Å². The molecule has 0 aliphatic carbocycles. The predicted molar refractivity (Wildman–Crippen MR) is 71.3 cm³/mol. The van der Waals surface area contributed by atoms with Crippen LogP contribution in [0.5, 0.6) is 0 Å². The molecule has 4 heteroatoms. The SMILES string of the molecule is C=C(Br)CNC(=O)/C=C/c1ccc(C#N)cc1. The number of hydrogen-bond acceptors (Lipinski definition) is 2. The van der Waals surface area contributed by atoms with Crippen molar-refractivity contribution in [2.75, 3.05) is 6.54 Å². The van der Waals surface area contributed by atoms with Gasteiger partial charge in [-0.25, -0.2) is 0 Å². The minimum atomic E-state index is -0.185. The summed E-state index contributed by atoms with van der Waals surface area (Å²) in [6, 6.07) is 9.01. The molecule has 0 aliphatic rings. The molecule has 86 valence electrons. The van der Waals surface area contributed by atoms with Gasteiger partial charge in [-0.15, -0.1) is 0 Å². The van der Waals surface area contributed by atoms with Crippen molar-refractivity contribution in [1.82, 2.24) is 5.32 Å². The van der Waals surface area contributed by atoms with Gasteiger partial charge in [0.2, 0.25) is 5.91 Å². The minimum absolute atomic E-state index is 0.185. The van der Waals surface area contributed by atoms with Crippen LogP contribution in [0.4, 0.5) is 0 Å². The van der Waals surface area contributed by atoms with Crippen LogP contribution >= 0.6 is 15.9 Å². The van der Waals surface area contributed by atoms with Crippen molar-refractivity contribution < 1.29 is 4.79 Å². The molecule has 0 heterocycles. The average molecular weight is 291 g/mol. The van der Waals surface area contributed by atoms with Gasteiger partial charge in [-0.1, -0.05) is 34.6 Å². The van der Waals surface area contributed by atoms with Gasteiger partial charge in [-0.05, 0) is 23.8 Å². The molecule has 1 N–H and O–H groups in total. The van der Waals surface area contributed by atoms with Crippen molar-refractivity contribution in [2.45, 2.75) is 0 Å². The molecule has 1 amide bonds.